The number of hydrogen-bond acceptors (Lipinski definition) is 1. The van der Waals surface area contributed by atoms with E-state index in [-0.39, 0.29) is 5.82 Å². The van der Waals surface area contributed by atoms with Crippen LogP contribution in [0.15, 0.2) is 48.8 Å². The van der Waals surface area contributed by atoms with Crippen LogP contribution in [0.1, 0.15) is 12.5 Å². The molecule has 4 heteroatoms. The van der Waals surface area contributed by atoms with Gasteiger partial charge in [-0.05, 0) is 36.8 Å². The van der Waals surface area contributed by atoms with E-state index in [0.717, 1.165) is 5.56 Å². The van der Waals surface area contributed by atoms with Crippen molar-refractivity contribution in [2.24, 2.45) is 0 Å². The van der Waals surface area contributed by atoms with E-state index < -0.39 is 11.5 Å². The number of hydrogen-bond donors (Lipinski definition) is 1. The van der Waals surface area contributed by atoms with Crippen LogP contribution in [0.4, 0.5) is 4.39 Å². The lowest BCUT2D eigenvalue weighted by atomic mass is 9.92. The third-order valence-corrected chi connectivity index (χ3v) is 3.10. The van der Waals surface area contributed by atoms with Gasteiger partial charge in [0.15, 0.2) is 0 Å². The van der Waals surface area contributed by atoms with Crippen molar-refractivity contribution in [1.82, 2.24) is 4.57 Å². The van der Waals surface area contributed by atoms with Crippen LogP contribution in [0.25, 0.3) is 0 Å². The number of carbonyl (C=O) groups is 1. The van der Waals surface area contributed by atoms with E-state index in [9.17, 15) is 14.3 Å². The maximum Gasteiger partial charge on any atom is 0.329 e. The Kier molecular flexibility index (Phi) is 3.19. The Labute approximate surface area is 104 Å². The fourth-order valence-electron chi connectivity index (χ4n) is 1.94. The van der Waals surface area contributed by atoms with Crippen molar-refractivity contribution in [1.29, 1.82) is 0 Å². The molecule has 0 saturated heterocycles. The molecule has 0 radical (unpaired) electrons. The zero-order valence-corrected chi connectivity index (χ0v) is 10.0. The van der Waals surface area contributed by atoms with E-state index in [2.05, 4.69) is 0 Å². The second kappa shape index (κ2) is 4.64. The Morgan fingerprint density at radius 1 is 1.28 bits per heavy atom. The molecule has 1 heterocycles. The maximum atomic E-state index is 12.8. The van der Waals surface area contributed by atoms with Gasteiger partial charge in [0.2, 0.25) is 0 Å². The van der Waals surface area contributed by atoms with Crippen LogP contribution in [0.5, 0.6) is 0 Å². The van der Waals surface area contributed by atoms with Gasteiger partial charge >= 0.3 is 5.97 Å². The molecule has 3 nitrogen and oxygen atoms in total. The minimum Gasteiger partial charge on any atom is -0.479 e. The first-order chi connectivity index (χ1) is 8.52. The topological polar surface area (TPSA) is 42.2 Å². The molecular formula is C14H14FNO2. The van der Waals surface area contributed by atoms with E-state index in [1.807, 2.05) is 0 Å². The number of carboxylic acid groups (broad SMARTS) is 1. The molecule has 94 valence electrons. The van der Waals surface area contributed by atoms with Crippen molar-refractivity contribution < 1.29 is 14.3 Å². The number of rotatable bonds is 4. The molecule has 2 aromatic rings. The third kappa shape index (κ3) is 2.27. The van der Waals surface area contributed by atoms with Gasteiger partial charge in [-0.15, -0.1) is 0 Å². The van der Waals surface area contributed by atoms with E-state index in [1.54, 1.807) is 48.1 Å². The molecule has 0 aliphatic heterocycles. The first kappa shape index (κ1) is 12.4. The molecule has 0 bridgehead atoms. The van der Waals surface area contributed by atoms with E-state index in [0.29, 0.717) is 6.42 Å². The summed E-state index contributed by atoms with van der Waals surface area (Å²) in [6, 6.07) is 9.47. The van der Waals surface area contributed by atoms with Crippen LogP contribution < -0.4 is 0 Å². The Morgan fingerprint density at radius 3 is 2.33 bits per heavy atom. The molecule has 0 aliphatic rings. The van der Waals surface area contributed by atoms with Crippen molar-refractivity contribution in [3.05, 3.63) is 60.2 Å². The Morgan fingerprint density at radius 2 is 1.83 bits per heavy atom. The molecule has 0 fully saturated rings. The summed E-state index contributed by atoms with van der Waals surface area (Å²) in [5.41, 5.74) is -0.281. The second-order valence-electron chi connectivity index (χ2n) is 4.47. The third-order valence-electron chi connectivity index (χ3n) is 3.10. The molecule has 0 amide bonds. The first-order valence-corrected chi connectivity index (χ1v) is 5.64. The fraction of sp³-hybridized carbons (Fsp3) is 0.214. The number of nitrogens with zero attached hydrogens (tertiary/aromatic N) is 1. The minimum atomic E-state index is -1.07. The van der Waals surface area contributed by atoms with Gasteiger partial charge in [-0.25, -0.2) is 9.18 Å². The molecule has 1 atom stereocenters. The predicted octanol–water partition coefficient (Wildman–Crippen LogP) is 2.67. The average Bonchev–Trinajstić information content (AvgIpc) is 2.86. The van der Waals surface area contributed by atoms with Crippen LogP contribution in [0.3, 0.4) is 0 Å². The zero-order valence-electron chi connectivity index (χ0n) is 10.0. The van der Waals surface area contributed by atoms with Crippen LogP contribution in [0, 0.1) is 5.82 Å². The smallest absolute Gasteiger partial charge is 0.329 e. The van der Waals surface area contributed by atoms with Crippen LogP contribution in [0.2, 0.25) is 0 Å². The number of aromatic nitrogens is 1. The molecule has 2 rings (SSSR count). The van der Waals surface area contributed by atoms with E-state index in [1.165, 1.54) is 12.1 Å². The van der Waals surface area contributed by atoms with Crippen molar-refractivity contribution in [3.63, 3.8) is 0 Å². The molecular weight excluding hydrogens is 233 g/mol. The average molecular weight is 247 g/mol. The second-order valence-corrected chi connectivity index (χ2v) is 4.47. The number of aliphatic carboxylic acids is 1. The summed E-state index contributed by atoms with van der Waals surface area (Å²) in [4.78, 5) is 11.5. The van der Waals surface area contributed by atoms with Crippen molar-refractivity contribution >= 4 is 5.97 Å². The van der Waals surface area contributed by atoms with Crippen LogP contribution in [-0.2, 0) is 16.8 Å². The lowest BCUT2D eigenvalue weighted by Gasteiger charge is -2.27. The summed E-state index contributed by atoms with van der Waals surface area (Å²) >= 11 is 0. The quantitative estimate of drug-likeness (QED) is 0.902. The lowest BCUT2D eigenvalue weighted by Crippen LogP contribution is -2.40. The number of carboxylic acids is 1. The summed E-state index contributed by atoms with van der Waals surface area (Å²) in [5.74, 6) is -1.24. The van der Waals surface area contributed by atoms with E-state index >= 15 is 0 Å². The Bertz CT molecular complexity index is 533. The fourth-order valence-corrected chi connectivity index (χ4v) is 1.94. The molecule has 18 heavy (non-hydrogen) atoms. The highest BCUT2D eigenvalue weighted by Crippen LogP contribution is 2.22. The van der Waals surface area contributed by atoms with Crippen molar-refractivity contribution in [2.75, 3.05) is 0 Å². The van der Waals surface area contributed by atoms with Gasteiger partial charge in [-0.1, -0.05) is 12.1 Å². The van der Waals surface area contributed by atoms with Gasteiger partial charge in [0.25, 0.3) is 0 Å². The monoisotopic (exact) mass is 247 g/mol. The van der Waals surface area contributed by atoms with Gasteiger partial charge in [-0.3, -0.25) is 0 Å². The number of benzene rings is 1. The molecule has 0 saturated carbocycles. The molecule has 1 aromatic heterocycles. The highest BCUT2D eigenvalue weighted by Gasteiger charge is 2.34. The predicted molar refractivity (Wildman–Crippen MR) is 65.8 cm³/mol. The molecule has 1 N–H and O–H groups in total. The normalized spacial score (nSPS) is 14.1. The van der Waals surface area contributed by atoms with Gasteiger partial charge in [0.05, 0.1) is 0 Å². The highest BCUT2D eigenvalue weighted by molar-refractivity contribution is 5.76. The highest BCUT2D eigenvalue weighted by atomic mass is 19.1. The lowest BCUT2D eigenvalue weighted by molar-refractivity contribution is -0.146. The molecule has 0 spiro atoms. The standard InChI is InChI=1S/C14H14FNO2/c1-14(13(17)18,16-8-2-3-9-16)10-11-4-6-12(15)7-5-11/h2-9H,10H2,1H3,(H,17,18)/t14-/m0/s1. The summed E-state index contributed by atoms with van der Waals surface area (Å²) < 4.78 is 14.5. The largest absolute Gasteiger partial charge is 0.479 e. The summed E-state index contributed by atoms with van der Waals surface area (Å²) in [5, 5.41) is 9.43. The molecule has 0 unspecified atom stereocenters. The first-order valence-electron chi connectivity index (χ1n) is 5.64. The van der Waals surface area contributed by atoms with E-state index in [4.69, 9.17) is 0 Å². The van der Waals surface area contributed by atoms with Crippen LogP contribution >= 0.6 is 0 Å². The van der Waals surface area contributed by atoms with Gasteiger partial charge in [0.1, 0.15) is 11.4 Å². The zero-order chi connectivity index (χ0) is 13.2. The maximum absolute atomic E-state index is 12.8. The van der Waals surface area contributed by atoms with Gasteiger partial charge < -0.3 is 9.67 Å². The van der Waals surface area contributed by atoms with Gasteiger partial charge in [-0.2, -0.15) is 0 Å². The molecule has 1 aromatic carbocycles. The molecule has 0 aliphatic carbocycles. The minimum absolute atomic E-state index is 0.303. The SMILES string of the molecule is C[C@](Cc1ccc(F)cc1)(C(=O)O)n1cccc1. The van der Waals surface area contributed by atoms with Crippen molar-refractivity contribution in [2.45, 2.75) is 18.9 Å². The summed E-state index contributed by atoms with van der Waals surface area (Å²) in [6.45, 7) is 1.65. The van der Waals surface area contributed by atoms with Crippen molar-refractivity contribution in [3.8, 4) is 0 Å². The summed E-state index contributed by atoms with van der Waals surface area (Å²) in [7, 11) is 0. The summed E-state index contributed by atoms with van der Waals surface area (Å²) in [6.07, 6.45) is 3.74. The van der Waals surface area contributed by atoms with Gasteiger partial charge in [0, 0.05) is 18.8 Å². The Hall–Kier alpha value is -2.10. The Balaban J connectivity index is 2.32. The number of halogens is 1. The van der Waals surface area contributed by atoms with Crippen LogP contribution in [-0.4, -0.2) is 15.6 Å².